The number of Topliss-reactive ketones (excluding diaryl/α,β-unsaturated/α-hetero) is 1. The van der Waals surface area contributed by atoms with Gasteiger partial charge in [0.1, 0.15) is 5.58 Å². The Morgan fingerprint density at radius 3 is 2.52 bits per heavy atom. The summed E-state index contributed by atoms with van der Waals surface area (Å²) >= 11 is 0. The molecule has 1 aromatic heterocycles. The van der Waals surface area contributed by atoms with Crippen LogP contribution in [0.1, 0.15) is 17.5 Å². The number of hydrogen-bond acceptors (Lipinski definition) is 5. The van der Waals surface area contributed by atoms with E-state index >= 15 is 0 Å². The van der Waals surface area contributed by atoms with Crippen molar-refractivity contribution in [2.75, 3.05) is 11.5 Å². The summed E-state index contributed by atoms with van der Waals surface area (Å²) in [6, 6.07) is 13.1. The van der Waals surface area contributed by atoms with Crippen molar-refractivity contribution in [3.8, 4) is 11.1 Å². The van der Waals surface area contributed by atoms with E-state index in [9.17, 15) is 4.79 Å². The van der Waals surface area contributed by atoms with E-state index < -0.39 is 0 Å². The van der Waals surface area contributed by atoms with Gasteiger partial charge in [-0.05, 0) is 42.3 Å². The number of carbonyl (C=O) groups is 1. The third-order valence-electron chi connectivity index (χ3n) is 3.76. The normalized spacial score (nSPS) is 11.8. The van der Waals surface area contributed by atoms with Crippen LogP contribution in [-0.4, -0.2) is 5.78 Å². The Morgan fingerprint density at radius 2 is 1.83 bits per heavy atom. The molecule has 0 spiro atoms. The van der Waals surface area contributed by atoms with Gasteiger partial charge in [0, 0.05) is 22.8 Å². The minimum atomic E-state index is -0.313. The van der Waals surface area contributed by atoms with Crippen LogP contribution in [-0.2, 0) is 0 Å². The zero-order valence-corrected chi connectivity index (χ0v) is 12.7. The lowest BCUT2D eigenvalue weighted by Crippen LogP contribution is -2.04. The van der Waals surface area contributed by atoms with Gasteiger partial charge in [-0.1, -0.05) is 18.2 Å². The Bertz CT molecular complexity index is 939. The molecule has 0 saturated carbocycles. The molecule has 116 valence electrons. The second-order valence-corrected chi connectivity index (χ2v) is 5.36. The number of benzene rings is 2. The van der Waals surface area contributed by atoms with Crippen LogP contribution in [0.4, 0.5) is 11.4 Å². The van der Waals surface area contributed by atoms with Gasteiger partial charge >= 0.3 is 0 Å². The molecule has 0 aliphatic rings. The molecule has 0 unspecified atom stereocenters. The van der Waals surface area contributed by atoms with E-state index in [1.54, 1.807) is 6.92 Å². The van der Waals surface area contributed by atoms with Gasteiger partial charge in [-0.15, -0.1) is 0 Å². The molecule has 1 heterocycles. The van der Waals surface area contributed by atoms with Crippen LogP contribution >= 0.6 is 0 Å². The Kier molecular flexibility index (Phi) is 3.54. The molecule has 23 heavy (non-hydrogen) atoms. The lowest BCUT2D eigenvalue weighted by Gasteiger charge is -2.02. The molecular formula is C18H17N3O2. The highest BCUT2D eigenvalue weighted by Gasteiger charge is 2.20. The van der Waals surface area contributed by atoms with Crippen LogP contribution in [0.5, 0.6) is 0 Å². The van der Waals surface area contributed by atoms with Crippen molar-refractivity contribution in [3.63, 3.8) is 0 Å². The second-order valence-electron chi connectivity index (χ2n) is 5.36. The molecule has 5 nitrogen and oxygen atoms in total. The van der Waals surface area contributed by atoms with E-state index in [0.29, 0.717) is 27.9 Å². The summed E-state index contributed by atoms with van der Waals surface area (Å²) in [5.74, 6) is -0.198. The molecule has 0 amide bonds. The number of hydrogen-bond donors (Lipinski definition) is 3. The quantitative estimate of drug-likeness (QED) is 0.391. The summed E-state index contributed by atoms with van der Waals surface area (Å²) in [4.78, 5) is 12.2. The minimum absolute atomic E-state index is 0.115. The van der Waals surface area contributed by atoms with E-state index in [1.807, 2.05) is 42.5 Å². The molecule has 2 aromatic carbocycles. The fourth-order valence-electron chi connectivity index (χ4n) is 2.44. The monoisotopic (exact) mass is 307 g/mol. The lowest BCUT2D eigenvalue weighted by atomic mass is 10.0. The Balaban J connectivity index is 2.13. The SMILES string of the molecule is C/C(=C\N)C(=O)c1oc2cc(-c3cccc(N)c3)ccc2c1N. The third-order valence-corrected chi connectivity index (χ3v) is 3.76. The zero-order chi connectivity index (χ0) is 16.6. The van der Waals surface area contributed by atoms with Gasteiger partial charge < -0.3 is 21.6 Å². The number of ketones is 1. The second kappa shape index (κ2) is 5.53. The van der Waals surface area contributed by atoms with Gasteiger partial charge in [0.15, 0.2) is 5.76 Å². The largest absolute Gasteiger partial charge is 0.450 e. The first-order valence-electron chi connectivity index (χ1n) is 7.12. The predicted molar refractivity (Wildman–Crippen MR) is 92.7 cm³/mol. The summed E-state index contributed by atoms with van der Waals surface area (Å²) in [6.45, 7) is 1.62. The van der Waals surface area contributed by atoms with Crippen LogP contribution in [0, 0.1) is 0 Å². The highest BCUT2D eigenvalue weighted by molar-refractivity contribution is 6.14. The van der Waals surface area contributed by atoms with Crippen molar-refractivity contribution in [2.24, 2.45) is 5.73 Å². The Hall–Kier alpha value is -3.21. The van der Waals surface area contributed by atoms with Crippen molar-refractivity contribution < 1.29 is 9.21 Å². The molecule has 5 heteroatoms. The number of furan rings is 1. The maximum atomic E-state index is 12.2. The topological polar surface area (TPSA) is 108 Å². The highest BCUT2D eigenvalue weighted by Crippen LogP contribution is 2.33. The molecule has 0 fully saturated rings. The summed E-state index contributed by atoms with van der Waals surface area (Å²) < 4.78 is 5.67. The number of anilines is 2. The summed E-state index contributed by atoms with van der Waals surface area (Å²) in [7, 11) is 0. The van der Waals surface area contributed by atoms with Gasteiger partial charge in [0.25, 0.3) is 0 Å². The predicted octanol–water partition coefficient (Wildman–Crippen LogP) is 3.31. The summed E-state index contributed by atoms with van der Waals surface area (Å²) in [5.41, 5.74) is 21.1. The molecule has 0 atom stereocenters. The molecule has 0 radical (unpaired) electrons. The first kappa shape index (κ1) is 14.7. The molecule has 6 N–H and O–H groups in total. The van der Waals surface area contributed by atoms with Gasteiger partial charge in [0.2, 0.25) is 5.78 Å². The van der Waals surface area contributed by atoms with Gasteiger partial charge in [-0.25, -0.2) is 0 Å². The van der Waals surface area contributed by atoms with Crippen LogP contribution in [0.25, 0.3) is 22.1 Å². The van der Waals surface area contributed by atoms with Crippen LogP contribution < -0.4 is 17.2 Å². The Morgan fingerprint density at radius 1 is 1.09 bits per heavy atom. The van der Waals surface area contributed by atoms with Crippen molar-refractivity contribution in [3.05, 3.63) is 60.0 Å². The molecule has 3 aromatic rings. The maximum Gasteiger partial charge on any atom is 0.227 e. The van der Waals surface area contributed by atoms with E-state index in [1.165, 1.54) is 6.20 Å². The van der Waals surface area contributed by atoms with Crippen molar-refractivity contribution in [1.29, 1.82) is 0 Å². The van der Waals surface area contributed by atoms with Crippen LogP contribution in [0.15, 0.2) is 58.7 Å². The summed E-state index contributed by atoms with van der Waals surface area (Å²) in [5, 5.41) is 0.700. The minimum Gasteiger partial charge on any atom is -0.450 e. The number of nitrogen functional groups attached to an aromatic ring is 2. The summed E-state index contributed by atoms with van der Waals surface area (Å²) in [6.07, 6.45) is 1.24. The maximum absolute atomic E-state index is 12.2. The fourth-order valence-corrected chi connectivity index (χ4v) is 2.44. The number of fused-ring (bicyclic) bond motifs is 1. The standard InChI is InChI=1S/C18H17N3O2/c1-10(9-19)17(22)18-16(21)14-6-5-12(8-15(14)23-18)11-3-2-4-13(20)7-11/h2-9H,19-21H2,1H3/b10-9+. The smallest absolute Gasteiger partial charge is 0.227 e. The highest BCUT2D eigenvalue weighted by atomic mass is 16.3. The van der Waals surface area contributed by atoms with Gasteiger partial charge in [-0.2, -0.15) is 0 Å². The van der Waals surface area contributed by atoms with E-state index in [-0.39, 0.29) is 11.5 Å². The Labute approximate surface area is 133 Å². The van der Waals surface area contributed by atoms with Crippen molar-refractivity contribution >= 4 is 28.1 Å². The van der Waals surface area contributed by atoms with Crippen molar-refractivity contribution in [1.82, 2.24) is 0 Å². The number of nitrogens with two attached hydrogens (primary N) is 3. The molecule has 0 aliphatic carbocycles. The number of carbonyl (C=O) groups excluding carboxylic acids is 1. The van der Waals surface area contributed by atoms with Crippen LogP contribution in [0.3, 0.4) is 0 Å². The number of rotatable bonds is 3. The molecule has 3 rings (SSSR count). The first-order chi connectivity index (χ1) is 11.0. The first-order valence-corrected chi connectivity index (χ1v) is 7.12. The van der Waals surface area contributed by atoms with Gasteiger partial charge in [-0.3, -0.25) is 4.79 Å². The van der Waals surface area contributed by atoms with Gasteiger partial charge in [0.05, 0.1) is 5.69 Å². The van der Waals surface area contributed by atoms with Crippen LogP contribution in [0.2, 0.25) is 0 Å². The molecule has 0 aliphatic heterocycles. The average molecular weight is 307 g/mol. The molecular weight excluding hydrogens is 290 g/mol. The number of allylic oxidation sites excluding steroid dienone is 1. The fraction of sp³-hybridized carbons (Fsp3) is 0.0556. The zero-order valence-electron chi connectivity index (χ0n) is 12.7. The third kappa shape index (κ3) is 2.53. The van der Waals surface area contributed by atoms with Crippen molar-refractivity contribution in [2.45, 2.75) is 6.92 Å². The van der Waals surface area contributed by atoms with E-state index in [4.69, 9.17) is 21.6 Å². The molecule has 0 bridgehead atoms. The molecule has 0 saturated heterocycles. The van der Waals surface area contributed by atoms with E-state index in [2.05, 4.69) is 0 Å². The average Bonchev–Trinajstić information content (AvgIpc) is 2.89. The van der Waals surface area contributed by atoms with E-state index in [0.717, 1.165) is 11.1 Å². The lowest BCUT2D eigenvalue weighted by molar-refractivity contribution is 0.101.